The SMILES string of the molecule is Cc1ccc(S(=O)(=O)c2cc(C)ccc2S(=O)(=O)c2ncc[nH]2)cc1. The number of H-pyrrole nitrogens is 1. The van der Waals surface area contributed by atoms with Gasteiger partial charge in [0.15, 0.2) is 0 Å². The second-order valence-corrected chi connectivity index (χ2v) is 9.42. The fourth-order valence-corrected chi connectivity index (χ4v) is 5.68. The van der Waals surface area contributed by atoms with E-state index < -0.39 is 19.7 Å². The molecular weight excluding hydrogens is 360 g/mol. The van der Waals surface area contributed by atoms with Crippen LogP contribution in [0.15, 0.2) is 74.7 Å². The van der Waals surface area contributed by atoms with Gasteiger partial charge in [-0.1, -0.05) is 23.8 Å². The Morgan fingerprint density at radius 2 is 1.44 bits per heavy atom. The van der Waals surface area contributed by atoms with Crippen molar-refractivity contribution in [2.24, 2.45) is 0 Å². The monoisotopic (exact) mass is 376 g/mol. The zero-order valence-electron chi connectivity index (χ0n) is 13.6. The summed E-state index contributed by atoms with van der Waals surface area (Å²) < 4.78 is 51.7. The lowest BCUT2D eigenvalue weighted by Gasteiger charge is -2.11. The van der Waals surface area contributed by atoms with Crippen LogP contribution >= 0.6 is 0 Å². The zero-order valence-corrected chi connectivity index (χ0v) is 15.2. The Morgan fingerprint density at radius 3 is 2.04 bits per heavy atom. The number of aryl methyl sites for hydroxylation is 2. The first-order valence-electron chi connectivity index (χ1n) is 7.40. The van der Waals surface area contributed by atoms with Gasteiger partial charge < -0.3 is 4.98 Å². The predicted octanol–water partition coefficient (Wildman–Crippen LogP) is 2.69. The zero-order chi connectivity index (χ0) is 18.2. The first-order valence-corrected chi connectivity index (χ1v) is 10.4. The van der Waals surface area contributed by atoms with Gasteiger partial charge in [0.1, 0.15) is 0 Å². The van der Waals surface area contributed by atoms with Crippen molar-refractivity contribution in [1.82, 2.24) is 9.97 Å². The van der Waals surface area contributed by atoms with Gasteiger partial charge in [-0.3, -0.25) is 0 Å². The quantitative estimate of drug-likeness (QED) is 0.755. The van der Waals surface area contributed by atoms with Crippen molar-refractivity contribution in [3.05, 3.63) is 66.0 Å². The first-order chi connectivity index (χ1) is 11.7. The van der Waals surface area contributed by atoms with Gasteiger partial charge in [-0.25, -0.2) is 21.8 Å². The summed E-state index contributed by atoms with van der Waals surface area (Å²) in [6.45, 7) is 3.55. The van der Waals surface area contributed by atoms with Gasteiger partial charge in [0, 0.05) is 12.4 Å². The maximum absolute atomic E-state index is 13.0. The molecule has 6 nitrogen and oxygen atoms in total. The molecular formula is C17H16N2O4S2. The summed E-state index contributed by atoms with van der Waals surface area (Å²) in [5.41, 5.74) is 1.55. The Bertz CT molecular complexity index is 1120. The van der Waals surface area contributed by atoms with Crippen molar-refractivity contribution in [2.45, 2.75) is 33.7 Å². The summed E-state index contributed by atoms with van der Waals surface area (Å²) in [6, 6.07) is 10.5. The lowest BCUT2D eigenvalue weighted by atomic mass is 10.2. The molecule has 25 heavy (non-hydrogen) atoms. The third-order valence-corrected chi connectivity index (χ3v) is 7.34. The van der Waals surface area contributed by atoms with E-state index in [1.165, 1.54) is 36.7 Å². The molecule has 3 aromatic rings. The molecule has 1 aromatic heterocycles. The number of hydrogen-bond donors (Lipinski definition) is 1. The molecule has 0 spiro atoms. The number of aromatic amines is 1. The summed E-state index contributed by atoms with van der Waals surface area (Å²) in [5, 5.41) is -0.295. The number of aromatic nitrogens is 2. The molecule has 0 aliphatic carbocycles. The van der Waals surface area contributed by atoms with Crippen LogP contribution in [-0.2, 0) is 19.7 Å². The number of sulfone groups is 2. The molecule has 0 atom stereocenters. The molecule has 2 aromatic carbocycles. The van der Waals surface area contributed by atoms with Crippen molar-refractivity contribution in [2.75, 3.05) is 0 Å². The molecule has 0 saturated heterocycles. The van der Waals surface area contributed by atoms with E-state index in [9.17, 15) is 16.8 Å². The van der Waals surface area contributed by atoms with Gasteiger partial charge in [0.05, 0.1) is 14.7 Å². The molecule has 8 heteroatoms. The van der Waals surface area contributed by atoms with Gasteiger partial charge in [-0.2, -0.15) is 0 Å². The van der Waals surface area contributed by atoms with Crippen LogP contribution in [0.5, 0.6) is 0 Å². The van der Waals surface area contributed by atoms with Crippen LogP contribution in [0.4, 0.5) is 0 Å². The maximum Gasteiger partial charge on any atom is 0.241 e. The van der Waals surface area contributed by atoms with E-state index in [-0.39, 0.29) is 19.8 Å². The summed E-state index contributed by atoms with van der Waals surface area (Å²) in [4.78, 5) is 5.77. The van der Waals surface area contributed by atoms with Crippen molar-refractivity contribution < 1.29 is 16.8 Å². The highest BCUT2D eigenvalue weighted by molar-refractivity contribution is 7.94. The van der Waals surface area contributed by atoms with Crippen LogP contribution in [0.1, 0.15) is 11.1 Å². The number of hydrogen-bond acceptors (Lipinski definition) is 5. The second kappa shape index (κ2) is 6.12. The molecule has 0 amide bonds. The van der Waals surface area contributed by atoms with Gasteiger partial charge in [-0.15, -0.1) is 0 Å². The summed E-state index contributed by atoms with van der Waals surface area (Å²) in [6.07, 6.45) is 2.67. The minimum absolute atomic E-state index is 0.0413. The molecule has 0 aliphatic heterocycles. The summed E-state index contributed by atoms with van der Waals surface area (Å²) in [5.74, 6) is 0. The lowest BCUT2D eigenvalue weighted by molar-refractivity contribution is 0.578. The van der Waals surface area contributed by atoms with Gasteiger partial charge in [0.25, 0.3) is 0 Å². The van der Waals surface area contributed by atoms with E-state index in [1.54, 1.807) is 25.1 Å². The van der Waals surface area contributed by atoms with Crippen LogP contribution in [0.3, 0.4) is 0 Å². The molecule has 0 unspecified atom stereocenters. The predicted molar refractivity (Wildman–Crippen MR) is 91.8 cm³/mol. The largest absolute Gasteiger partial charge is 0.335 e. The minimum atomic E-state index is -4.09. The molecule has 1 heterocycles. The lowest BCUT2D eigenvalue weighted by Crippen LogP contribution is -2.12. The van der Waals surface area contributed by atoms with E-state index >= 15 is 0 Å². The second-order valence-electron chi connectivity index (χ2n) is 5.66. The maximum atomic E-state index is 13.0. The highest BCUT2D eigenvalue weighted by atomic mass is 32.2. The molecule has 0 fully saturated rings. The van der Waals surface area contributed by atoms with Crippen molar-refractivity contribution >= 4 is 19.7 Å². The van der Waals surface area contributed by atoms with Crippen LogP contribution in [0.2, 0.25) is 0 Å². The Morgan fingerprint density at radius 1 is 0.800 bits per heavy atom. The average Bonchev–Trinajstić information content (AvgIpc) is 3.10. The smallest absolute Gasteiger partial charge is 0.241 e. The molecule has 0 bridgehead atoms. The highest BCUT2D eigenvalue weighted by Gasteiger charge is 2.30. The Hall–Kier alpha value is -2.45. The third kappa shape index (κ3) is 3.10. The van der Waals surface area contributed by atoms with Crippen LogP contribution in [0.25, 0.3) is 0 Å². The van der Waals surface area contributed by atoms with Crippen LogP contribution < -0.4 is 0 Å². The minimum Gasteiger partial charge on any atom is -0.335 e. The number of benzene rings is 2. The number of nitrogens with one attached hydrogen (secondary N) is 1. The molecule has 3 rings (SSSR count). The van der Waals surface area contributed by atoms with E-state index in [1.807, 2.05) is 6.92 Å². The third-order valence-electron chi connectivity index (χ3n) is 3.74. The normalized spacial score (nSPS) is 12.2. The first kappa shape index (κ1) is 17.4. The number of rotatable bonds is 4. The molecule has 1 N–H and O–H groups in total. The topological polar surface area (TPSA) is 97.0 Å². The standard InChI is InChI=1S/C17H16N2O4S2/c1-12-3-6-14(7-4-12)24(20,21)16-11-13(2)5-8-15(16)25(22,23)17-18-9-10-19-17/h3-11H,1-2H3,(H,18,19). The molecule has 0 aliphatic rings. The van der Waals surface area contributed by atoms with E-state index in [0.29, 0.717) is 5.56 Å². The Balaban J connectivity index is 2.27. The van der Waals surface area contributed by atoms with E-state index in [2.05, 4.69) is 9.97 Å². The fraction of sp³-hybridized carbons (Fsp3) is 0.118. The number of imidazole rings is 1. The summed E-state index contributed by atoms with van der Waals surface area (Å²) in [7, 11) is -8.09. The highest BCUT2D eigenvalue weighted by Crippen LogP contribution is 2.31. The molecule has 0 radical (unpaired) electrons. The average molecular weight is 376 g/mol. The van der Waals surface area contributed by atoms with Crippen molar-refractivity contribution in [3.63, 3.8) is 0 Å². The van der Waals surface area contributed by atoms with Crippen molar-refractivity contribution in [1.29, 1.82) is 0 Å². The summed E-state index contributed by atoms with van der Waals surface area (Å²) >= 11 is 0. The van der Waals surface area contributed by atoms with E-state index in [0.717, 1.165) is 5.56 Å². The molecule has 130 valence electrons. The van der Waals surface area contributed by atoms with Crippen LogP contribution in [-0.4, -0.2) is 26.8 Å². The Labute approximate surface area is 146 Å². The van der Waals surface area contributed by atoms with Crippen molar-refractivity contribution in [3.8, 4) is 0 Å². The number of nitrogens with zero attached hydrogens (tertiary/aromatic N) is 1. The van der Waals surface area contributed by atoms with Crippen LogP contribution in [0, 0.1) is 13.8 Å². The fourth-order valence-electron chi connectivity index (χ4n) is 2.39. The van der Waals surface area contributed by atoms with Gasteiger partial charge in [-0.05, 0) is 43.7 Å². The van der Waals surface area contributed by atoms with Gasteiger partial charge >= 0.3 is 0 Å². The molecule has 0 saturated carbocycles. The van der Waals surface area contributed by atoms with E-state index in [4.69, 9.17) is 0 Å². The van der Waals surface area contributed by atoms with Gasteiger partial charge in [0.2, 0.25) is 24.8 Å². The Kier molecular flexibility index (Phi) is 4.26.